The van der Waals surface area contributed by atoms with Crippen LogP contribution in [0.3, 0.4) is 0 Å². The summed E-state index contributed by atoms with van der Waals surface area (Å²) in [5.74, 6) is -1.19. The first-order chi connectivity index (χ1) is 18.6. The predicted octanol–water partition coefficient (Wildman–Crippen LogP) is 6.47. The van der Waals surface area contributed by atoms with E-state index in [0.717, 1.165) is 4.90 Å². The molecule has 0 saturated carbocycles. The van der Waals surface area contributed by atoms with Crippen LogP contribution in [0.4, 0.5) is 9.18 Å². The molecule has 39 heavy (non-hydrogen) atoms. The van der Waals surface area contributed by atoms with E-state index in [1.54, 1.807) is 73.0 Å². The molecular formula is C31H32FNO5S. The van der Waals surface area contributed by atoms with E-state index in [1.165, 1.54) is 19.1 Å². The van der Waals surface area contributed by atoms with Crippen molar-refractivity contribution in [1.82, 2.24) is 4.90 Å². The molecule has 0 N–H and O–H groups in total. The zero-order chi connectivity index (χ0) is 28.2. The second-order valence-corrected chi connectivity index (χ2v) is 11.1. The lowest BCUT2D eigenvalue weighted by molar-refractivity contribution is -0.129. The molecule has 2 atom stereocenters. The smallest absolute Gasteiger partial charge is 0.415 e. The molecule has 0 bridgehead atoms. The SMILES string of the molecule is CSc1ccc(C(=O)[C@@H]2CN(C(=O)Oc3ccccc3)C[C@H]2Cc2ccc(OC(C)(C)C(C)=O)c(F)c2)cc1. The van der Waals surface area contributed by atoms with Gasteiger partial charge in [0.1, 0.15) is 5.75 Å². The Bertz CT molecular complexity index is 1340. The maximum atomic E-state index is 15.0. The van der Waals surface area contributed by atoms with Gasteiger partial charge in [0.25, 0.3) is 0 Å². The number of likely N-dealkylation sites (tertiary alicyclic amines) is 1. The molecule has 3 aromatic rings. The quantitative estimate of drug-likeness (QED) is 0.225. The molecular weight excluding hydrogens is 517 g/mol. The molecule has 1 heterocycles. The molecule has 0 aliphatic carbocycles. The van der Waals surface area contributed by atoms with Crippen molar-refractivity contribution in [2.75, 3.05) is 19.3 Å². The highest BCUT2D eigenvalue weighted by Gasteiger charge is 2.40. The number of carbonyl (C=O) groups excluding carboxylic acids is 3. The van der Waals surface area contributed by atoms with Gasteiger partial charge in [0.05, 0.1) is 0 Å². The second kappa shape index (κ2) is 12.0. The number of thioether (sulfide) groups is 1. The van der Waals surface area contributed by atoms with Gasteiger partial charge in [-0.15, -0.1) is 11.8 Å². The molecule has 6 nitrogen and oxygen atoms in total. The Morgan fingerprint density at radius 2 is 1.69 bits per heavy atom. The molecule has 3 aromatic carbocycles. The fourth-order valence-corrected chi connectivity index (χ4v) is 4.96. The molecule has 0 unspecified atom stereocenters. The number of hydrogen-bond acceptors (Lipinski definition) is 6. The number of ketones is 2. The number of nitrogens with zero attached hydrogens (tertiary/aromatic N) is 1. The van der Waals surface area contributed by atoms with Crippen LogP contribution in [0.15, 0.2) is 77.7 Å². The monoisotopic (exact) mass is 549 g/mol. The number of carbonyl (C=O) groups is 3. The summed E-state index contributed by atoms with van der Waals surface area (Å²) >= 11 is 1.59. The minimum absolute atomic E-state index is 0.0139. The lowest BCUT2D eigenvalue weighted by Crippen LogP contribution is -2.36. The Balaban J connectivity index is 1.55. The van der Waals surface area contributed by atoms with Gasteiger partial charge in [-0.25, -0.2) is 9.18 Å². The lowest BCUT2D eigenvalue weighted by Gasteiger charge is -2.24. The number of benzene rings is 3. The maximum absolute atomic E-state index is 15.0. The third-order valence-electron chi connectivity index (χ3n) is 7.07. The molecule has 4 rings (SSSR count). The number of Topliss-reactive ketones (excluding diaryl/α,β-unsaturated/α-hetero) is 2. The van der Waals surface area contributed by atoms with Gasteiger partial charge in [0.2, 0.25) is 0 Å². The van der Waals surface area contributed by atoms with Crippen LogP contribution in [0.25, 0.3) is 0 Å². The van der Waals surface area contributed by atoms with Crippen LogP contribution >= 0.6 is 11.8 Å². The van der Waals surface area contributed by atoms with E-state index in [-0.39, 0.29) is 29.8 Å². The molecule has 0 radical (unpaired) electrons. The average molecular weight is 550 g/mol. The van der Waals surface area contributed by atoms with E-state index in [9.17, 15) is 18.8 Å². The van der Waals surface area contributed by atoms with Crippen molar-refractivity contribution in [3.63, 3.8) is 0 Å². The van der Waals surface area contributed by atoms with E-state index < -0.39 is 23.4 Å². The summed E-state index contributed by atoms with van der Waals surface area (Å²) in [4.78, 5) is 41.0. The summed E-state index contributed by atoms with van der Waals surface area (Å²) in [6.45, 7) is 5.07. The molecule has 1 aliphatic rings. The first-order valence-corrected chi connectivity index (χ1v) is 14.0. The number of para-hydroxylation sites is 1. The van der Waals surface area contributed by atoms with Gasteiger partial charge < -0.3 is 14.4 Å². The van der Waals surface area contributed by atoms with Gasteiger partial charge in [0, 0.05) is 29.5 Å². The molecule has 8 heteroatoms. The molecule has 1 fully saturated rings. The van der Waals surface area contributed by atoms with Gasteiger partial charge in [-0.1, -0.05) is 36.4 Å². The summed E-state index contributed by atoms with van der Waals surface area (Å²) in [6, 6.07) is 20.8. The zero-order valence-electron chi connectivity index (χ0n) is 22.5. The predicted molar refractivity (Wildman–Crippen MR) is 149 cm³/mol. The molecule has 0 spiro atoms. The Hall–Kier alpha value is -3.65. The third-order valence-corrected chi connectivity index (χ3v) is 7.81. The van der Waals surface area contributed by atoms with Gasteiger partial charge in [0.15, 0.2) is 28.7 Å². The van der Waals surface area contributed by atoms with Crippen molar-refractivity contribution in [3.8, 4) is 11.5 Å². The summed E-state index contributed by atoms with van der Waals surface area (Å²) in [7, 11) is 0. The van der Waals surface area contributed by atoms with Crippen molar-refractivity contribution < 1.29 is 28.2 Å². The van der Waals surface area contributed by atoms with Crippen molar-refractivity contribution in [1.29, 1.82) is 0 Å². The number of amides is 1. The van der Waals surface area contributed by atoms with Crippen molar-refractivity contribution in [2.24, 2.45) is 11.8 Å². The summed E-state index contributed by atoms with van der Waals surface area (Å²) in [6.07, 6.45) is 1.82. The van der Waals surface area contributed by atoms with E-state index in [2.05, 4.69) is 0 Å². The Morgan fingerprint density at radius 3 is 2.31 bits per heavy atom. The van der Waals surface area contributed by atoms with Gasteiger partial charge in [-0.2, -0.15) is 0 Å². The van der Waals surface area contributed by atoms with Crippen LogP contribution in [0.2, 0.25) is 0 Å². The maximum Gasteiger partial charge on any atom is 0.415 e. The Kier molecular flexibility index (Phi) is 8.75. The summed E-state index contributed by atoms with van der Waals surface area (Å²) in [5, 5.41) is 0. The number of ether oxygens (including phenoxy) is 2. The molecule has 1 amide bonds. The van der Waals surface area contributed by atoms with E-state index >= 15 is 0 Å². The van der Waals surface area contributed by atoms with E-state index in [0.29, 0.717) is 29.8 Å². The minimum Gasteiger partial charge on any atom is -0.477 e. The largest absolute Gasteiger partial charge is 0.477 e. The van der Waals surface area contributed by atoms with Gasteiger partial charge >= 0.3 is 6.09 Å². The first-order valence-electron chi connectivity index (χ1n) is 12.8. The normalized spacial score (nSPS) is 17.1. The second-order valence-electron chi connectivity index (χ2n) is 10.2. The van der Waals surface area contributed by atoms with Crippen LogP contribution in [0.5, 0.6) is 11.5 Å². The van der Waals surface area contributed by atoms with Crippen LogP contribution in [0.1, 0.15) is 36.7 Å². The van der Waals surface area contributed by atoms with Crippen LogP contribution < -0.4 is 9.47 Å². The zero-order valence-corrected chi connectivity index (χ0v) is 23.3. The molecule has 1 saturated heterocycles. The fourth-order valence-electron chi connectivity index (χ4n) is 4.55. The van der Waals surface area contributed by atoms with Crippen molar-refractivity contribution in [2.45, 2.75) is 37.7 Å². The first kappa shape index (κ1) is 28.4. The highest BCUT2D eigenvalue weighted by atomic mass is 32.2. The highest BCUT2D eigenvalue weighted by molar-refractivity contribution is 7.98. The highest BCUT2D eigenvalue weighted by Crippen LogP contribution is 2.32. The number of rotatable bonds is 9. The van der Waals surface area contributed by atoms with E-state index in [4.69, 9.17) is 9.47 Å². The summed E-state index contributed by atoms with van der Waals surface area (Å²) < 4.78 is 26.1. The Morgan fingerprint density at radius 1 is 1.00 bits per heavy atom. The van der Waals surface area contributed by atoms with Gasteiger partial charge in [-0.05, 0) is 81.3 Å². The lowest BCUT2D eigenvalue weighted by atomic mass is 9.84. The fraction of sp³-hybridized carbons (Fsp3) is 0.323. The Labute approximate surface area is 232 Å². The van der Waals surface area contributed by atoms with E-state index in [1.807, 2.05) is 24.5 Å². The minimum atomic E-state index is -1.16. The molecule has 204 valence electrons. The molecule has 0 aromatic heterocycles. The van der Waals surface area contributed by atoms with Crippen LogP contribution in [-0.4, -0.2) is 47.5 Å². The topological polar surface area (TPSA) is 72.9 Å². The van der Waals surface area contributed by atoms with Gasteiger partial charge in [-0.3, -0.25) is 9.59 Å². The van der Waals surface area contributed by atoms with Crippen molar-refractivity contribution >= 4 is 29.4 Å². The average Bonchev–Trinajstić information content (AvgIpc) is 3.34. The van der Waals surface area contributed by atoms with Crippen molar-refractivity contribution in [3.05, 3.63) is 89.7 Å². The summed E-state index contributed by atoms with van der Waals surface area (Å²) in [5.41, 5.74) is 0.0818. The number of halogens is 1. The molecule has 1 aliphatic heterocycles. The number of hydrogen-bond donors (Lipinski definition) is 0. The standard InChI is InChI=1S/C31H32FNO5S/c1-20(34)31(2,3)38-28-15-10-21(17-27(28)32)16-23-18-33(30(36)37-24-8-6-5-7-9-24)19-26(23)29(35)22-11-13-25(39-4)14-12-22/h5-15,17,23,26H,16,18-19H2,1-4H3/t23-,26-/m1/s1. The third kappa shape index (κ3) is 6.87. The van der Waals surface area contributed by atoms with Crippen LogP contribution in [0, 0.1) is 17.7 Å². The van der Waals surface area contributed by atoms with Crippen LogP contribution in [-0.2, 0) is 11.2 Å².